The first-order valence-electron chi connectivity index (χ1n) is 9.58. The number of rotatable bonds is 4. The van der Waals surface area contributed by atoms with E-state index >= 15 is 0 Å². The third kappa shape index (κ3) is 5.06. The summed E-state index contributed by atoms with van der Waals surface area (Å²) in [6.07, 6.45) is -4.70. The van der Waals surface area contributed by atoms with Crippen molar-refractivity contribution in [1.29, 1.82) is 0 Å². The molecule has 0 bridgehead atoms. The van der Waals surface area contributed by atoms with Gasteiger partial charge in [-0.05, 0) is 36.8 Å². The minimum absolute atomic E-state index is 0.0400. The lowest BCUT2D eigenvalue weighted by molar-refractivity contribution is -0.384. The van der Waals surface area contributed by atoms with Gasteiger partial charge in [0.2, 0.25) is 0 Å². The summed E-state index contributed by atoms with van der Waals surface area (Å²) < 4.78 is 65.1. The van der Waals surface area contributed by atoms with E-state index in [0.717, 1.165) is 24.3 Å². The minimum Gasteiger partial charge on any atom is -0.362 e. The van der Waals surface area contributed by atoms with Gasteiger partial charge in [0, 0.05) is 32.2 Å². The van der Waals surface area contributed by atoms with Crippen molar-refractivity contribution < 1.29 is 31.7 Å². The SMILES string of the molecule is CC(NC(=O)N1CCN(c2ccc(C(F)(F)F)cc2[N+](=O)[O-])CC1)c1ccc(F)c(F)c1. The fraction of sp³-hybridized carbons (Fsp3) is 0.350. The molecule has 2 amide bonds. The van der Waals surface area contributed by atoms with Crippen molar-refractivity contribution in [1.82, 2.24) is 10.2 Å². The van der Waals surface area contributed by atoms with Gasteiger partial charge in [0.25, 0.3) is 5.69 Å². The van der Waals surface area contributed by atoms with Crippen LogP contribution in [0.4, 0.5) is 38.1 Å². The molecular weight excluding hydrogens is 439 g/mol. The van der Waals surface area contributed by atoms with Crippen LogP contribution in [0.3, 0.4) is 0 Å². The van der Waals surface area contributed by atoms with Crippen LogP contribution in [0.15, 0.2) is 36.4 Å². The molecule has 7 nitrogen and oxygen atoms in total. The Labute approximate surface area is 179 Å². The number of nitrogens with zero attached hydrogens (tertiary/aromatic N) is 3. The molecular formula is C20H19F5N4O3. The van der Waals surface area contributed by atoms with Gasteiger partial charge < -0.3 is 15.1 Å². The van der Waals surface area contributed by atoms with Crippen molar-refractivity contribution in [3.8, 4) is 0 Å². The number of hydrogen-bond acceptors (Lipinski definition) is 4. The van der Waals surface area contributed by atoms with Crippen LogP contribution < -0.4 is 10.2 Å². The largest absolute Gasteiger partial charge is 0.416 e. The van der Waals surface area contributed by atoms with Crippen molar-refractivity contribution in [3.05, 3.63) is 69.3 Å². The van der Waals surface area contributed by atoms with E-state index in [1.807, 2.05) is 0 Å². The number of piperazine rings is 1. The van der Waals surface area contributed by atoms with Gasteiger partial charge in [0.15, 0.2) is 11.6 Å². The van der Waals surface area contributed by atoms with Crippen LogP contribution in [0.1, 0.15) is 24.1 Å². The van der Waals surface area contributed by atoms with Gasteiger partial charge in [-0.3, -0.25) is 10.1 Å². The third-order valence-electron chi connectivity index (χ3n) is 5.19. The number of nitro groups is 1. The highest BCUT2D eigenvalue weighted by atomic mass is 19.4. The van der Waals surface area contributed by atoms with E-state index in [1.165, 1.54) is 11.0 Å². The Morgan fingerprint density at radius 2 is 1.72 bits per heavy atom. The van der Waals surface area contributed by atoms with Crippen LogP contribution in [0.5, 0.6) is 0 Å². The van der Waals surface area contributed by atoms with Crippen molar-refractivity contribution in [3.63, 3.8) is 0 Å². The number of anilines is 1. The summed E-state index contributed by atoms with van der Waals surface area (Å²) in [5.41, 5.74) is -1.36. The summed E-state index contributed by atoms with van der Waals surface area (Å²) in [6.45, 7) is 2.26. The molecule has 0 aromatic heterocycles. The highest BCUT2D eigenvalue weighted by Gasteiger charge is 2.34. The fourth-order valence-corrected chi connectivity index (χ4v) is 3.41. The van der Waals surface area contributed by atoms with Crippen LogP contribution in [-0.2, 0) is 6.18 Å². The molecule has 3 rings (SSSR count). The zero-order valence-electron chi connectivity index (χ0n) is 16.8. The molecule has 12 heteroatoms. The Balaban J connectivity index is 1.65. The summed E-state index contributed by atoms with van der Waals surface area (Å²) in [5.74, 6) is -2.03. The molecule has 1 heterocycles. The molecule has 2 aromatic carbocycles. The number of amides is 2. The van der Waals surface area contributed by atoms with Crippen molar-refractivity contribution in [2.45, 2.75) is 19.1 Å². The topological polar surface area (TPSA) is 78.7 Å². The van der Waals surface area contributed by atoms with E-state index in [-0.39, 0.29) is 31.9 Å². The molecule has 1 N–H and O–H groups in total. The number of hydrogen-bond donors (Lipinski definition) is 1. The lowest BCUT2D eigenvalue weighted by Crippen LogP contribution is -2.52. The molecule has 1 atom stereocenters. The van der Waals surface area contributed by atoms with E-state index in [4.69, 9.17) is 0 Å². The lowest BCUT2D eigenvalue weighted by Gasteiger charge is -2.36. The van der Waals surface area contributed by atoms with Crippen LogP contribution in [0.2, 0.25) is 0 Å². The lowest BCUT2D eigenvalue weighted by atomic mass is 10.1. The second-order valence-electron chi connectivity index (χ2n) is 7.28. The molecule has 172 valence electrons. The third-order valence-corrected chi connectivity index (χ3v) is 5.19. The standard InChI is InChI=1S/C20H19F5N4O3/c1-12(13-2-4-15(21)16(22)10-13)26-19(30)28-8-6-27(7-9-28)17-5-3-14(20(23,24)25)11-18(17)29(31)32/h2-5,10-12H,6-9H2,1H3,(H,26,30). The van der Waals surface area contributed by atoms with Crippen molar-refractivity contribution in [2.75, 3.05) is 31.1 Å². The minimum atomic E-state index is -4.70. The Hall–Kier alpha value is -3.44. The zero-order valence-corrected chi connectivity index (χ0v) is 16.8. The highest BCUT2D eigenvalue weighted by molar-refractivity contribution is 5.75. The Morgan fingerprint density at radius 3 is 2.28 bits per heavy atom. The normalized spacial score (nSPS) is 15.4. The van der Waals surface area contributed by atoms with Crippen molar-refractivity contribution in [2.24, 2.45) is 0 Å². The molecule has 1 unspecified atom stereocenters. The van der Waals surface area contributed by atoms with E-state index in [9.17, 15) is 36.9 Å². The van der Waals surface area contributed by atoms with Gasteiger partial charge >= 0.3 is 12.2 Å². The molecule has 0 saturated carbocycles. The molecule has 1 fully saturated rings. The number of nitro benzene ring substituents is 1. The molecule has 2 aromatic rings. The first kappa shape index (κ1) is 23.2. The number of carbonyl (C=O) groups excluding carboxylic acids is 1. The van der Waals surface area contributed by atoms with E-state index < -0.39 is 46.1 Å². The van der Waals surface area contributed by atoms with E-state index in [2.05, 4.69) is 5.32 Å². The Kier molecular flexibility index (Phi) is 6.51. The first-order chi connectivity index (χ1) is 15.0. The van der Waals surface area contributed by atoms with Gasteiger partial charge in [0.1, 0.15) is 5.69 Å². The fourth-order valence-electron chi connectivity index (χ4n) is 3.41. The number of carbonyl (C=O) groups is 1. The number of urea groups is 1. The number of alkyl halides is 3. The smallest absolute Gasteiger partial charge is 0.362 e. The van der Waals surface area contributed by atoms with E-state index in [0.29, 0.717) is 11.6 Å². The summed E-state index contributed by atoms with van der Waals surface area (Å²) in [7, 11) is 0. The van der Waals surface area contributed by atoms with Crippen LogP contribution in [0.25, 0.3) is 0 Å². The molecule has 1 aliphatic heterocycles. The maximum atomic E-state index is 13.4. The number of nitrogens with one attached hydrogen (secondary N) is 1. The van der Waals surface area contributed by atoms with Gasteiger partial charge in [-0.1, -0.05) is 6.07 Å². The van der Waals surface area contributed by atoms with Gasteiger partial charge in [-0.2, -0.15) is 13.2 Å². The summed E-state index contributed by atoms with van der Waals surface area (Å²) in [5, 5.41) is 14.0. The monoisotopic (exact) mass is 458 g/mol. The summed E-state index contributed by atoms with van der Waals surface area (Å²) in [4.78, 5) is 25.9. The second kappa shape index (κ2) is 8.97. The predicted molar refractivity (Wildman–Crippen MR) is 105 cm³/mol. The highest BCUT2D eigenvalue weighted by Crippen LogP contribution is 2.36. The first-order valence-corrected chi connectivity index (χ1v) is 9.58. The number of halogens is 5. The second-order valence-corrected chi connectivity index (χ2v) is 7.28. The zero-order chi connectivity index (χ0) is 23.6. The van der Waals surface area contributed by atoms with Crippen LogP contribution in [-0.4, -0.2) is 42.0 Å². The van der Waals surface area contributed by atoms with Crippen LogP contribution >= 0.6 is 0 Å². The predicted octanol–water partition coefficient (Wildman–Crippen LogP) is 4.48. The molecule has 0 radical (unpaired) electrons. The quantitative estimate of drug-likeness (QED) is 0.416. The van der Waals surface area contributed by atoms with Crippen molar-refractivity contribution >= 4 is 17.4 Å². The molecule has 0 spiro atoms. The number of benzene rings is 2. The molecule has 0 aliphatic carbocycles. The van der Waals surface area contributed by atoms with E-state index in [1.54, 1.807) is 11.8 Å². The summed E-state index contributed by atoms with van der Waals surface area (Å²) in [6, 6.07) is 4.57. The average molecular weight is 458 g/mol. The van der Waals surface area contributed by atoms with Gasteiger partial charge in [-0.15, -0.1) is 0 Å². The van der Waals surface area contributed by atoms with Gasteiger partial charge in [-0.25, -0.2) is 13.6 Å². The van der Waals surface area contributed by atoms with Crippen LogP contribution in [0, 0.1) is 21.7 Å². The molecule has 1 saturated heterocycles. The average Bonchev–Trinajstić information content (AvgIpc) is 2.74. The van der Waals surface area contributed by atoms with Gasteiger partial charge in [0.05, 0.1) is 16.5 Å². The Bertz CT molecular complexity index is 1020. The maximum Gasteiger partial charge on any atom is 0.416 e. The molecule has 32 heavy (non-hydrogen) atoms. The summed E-state index contributed by atoms with van der Waals surface area (Å²) >= 11 is 0. The maximum absolute atomic E-state index is 13.4. The molecule has 1 aliphatic rings. The Morgan fingerprint density at radius 1 is 1.06 bits per heavy atom.